The summed E-state index contributed by atoms with van der Waals surface area (Å²) in [5.74, 6) is -0.573. The van der Waals surface area contributed by atoms with Gasteiger partial charge in [0.1, 0.15) is 13.2 Å². The molecule has 0 bridgehead atoms. The van der Waals surface area contributed by atoms with Gasteiger partial charge in [0.25, 0.3) is 0 Å². The number of rotatable bonds is 11. The van der Waals surface area contributed by atoms with Gasteiger partial charge in [-0.1, -0.05) is 6.58 Å². The van der Waals surface area contributed by atoms with Gasteiger partial charge in [-0.3, -0.25) is 0 Å². The van der Waals surface area contributed by atoms with E-state index in [1.54, 1.807) is 27.7 Å². The molecular weight excluding hydrogens is 336 g/mol. The SMILES string of the molecule is C=CC(=O)OCCOCC(COC(=O)OC(C)C)OC(=O)OC(C)C. The highest BCUT2D eigenvalue weighted by Gasteiger charge is 2.20. The van der Waals surface area contributed by atoms with Crippen molar-refractivity contribution in [2.24, 2.45) is 0 Å². The molecule has 0 aliphatic rings. The number of carbonyl (C=O) groups excluding carboxylic acids is 3. The van der Waals surface area contributed by atoms with Gasteiger partial charge in [-0.2, -0.15) is 0 Å². The predicted molar refractivity (Wildman–Crippen MR) is 86.0 cm³/mol. The van der Waals surface area contributed by atoms with Crippen molar-refractivity contribution in [3.63, 3.8) is 0 Å². The van der Waals surface area contributed by atoms with Crippen molar-refractivity contribution in [2.45, 2.75) is 46.0 Å². The third-order valence-electron chi connectivity index (χ3n) is 2.26. The molecule has 0 aromatic heterocycles. The zero-order chi connectivity index (χ0) is 19.2. The van der Waals surface area contributed by atoms with Crippen LogP contribution in [0.5, 0.6) is 0 Å². The lowest BCUT2D eigenvalue weighted by atomic mass is 10.4. The van der Waals surface area contributed by atoms with Crippen LogP contribution in [0, 0.1) is 0 Å². The van der Waals surface area contributed by atoms with Crippen molar-refractivity contribution >= 4 is 18.3 Å². The average molecular weight is 362 g/mol. The molecule has 0 rings (SSSR count). The summed E-state index contributed by atoms with van der Waals surface area (Å²) in [6.45, 7) is 9.63. The van der Waals surface area contributed by atoms with Crippen LogP contribution in [0.25, 0.3) is 0 Å². The maximum absolute atomic E-state index is 11.6. The van der Waals surface area contributed by atoms with Crippen molar-refractivity contribution in [1.29, 1.82) is 0 Å². The van der Waals surface area contributed by atoms with Crippen molar-refractivity contribution < 1.29 is 42.8 Å². The van der Waals surface area contributed by atoms with Crippen LogP contribution < -0.4 is 0 Å². The minimum absolute atomic E-state index is 0.00423. The summed E-state index contributed by atoms with van der Waals surface area (Å²) in [5, 5.41) is 0. The second-order valence-corrected chi connectivity index (χ2v) is 5.33. The Morgan fingerprint density at radius 3 is 2.00 bits per heavy atom. The summed E-state index contributed by atoms with van der Waals surface area (Å²) < 4.78 is 29.5. The van der Waals surface area contributed by atoms with Gasteiger partial charge in [0, 0.05) is 6.08 Å². The van der Waals surface area contributed by atoms with Crippen LogP contribution in [-0.4, -0.2) is 63.0 Å². The largest absolute Gasteiger partial charge is 0.509 e. The molecular formula is C16H26O9. The van der Waals surface area contributed by atoms with Gasteiger partial charge in [0.05, 0.1) is 25.4 Å². The van der Waals surface area contributed by atoms with Crippen LogP contribution in [0.15, 0.2) is 12.7 Å². The molecule has 0 heterocycles. The van der Waals surface area contributed by atoms with Crippen LogP contribution in [0.3, 0.4) is 0 Å². The van der Waals surface area contributed by atoms with E-state index in [0.717, 1.165) is 6.08 Å². The molecule has 0 amide bonds. The molecule has 9 heteroatoms. The minimum Gasteiger partial charge on any atom is -0.460 e. The first-order valence-electron chi connectivity index (χ1n) is 7.82. The fraction of sp³-hybridized carbons (Fsp3) is 0.688. The highest BCUT2D eigenvalue weighted by Crippen LogP contribution is 2.03. The standard InChI is InChI=1S/C16H26O9/c1-6-14(17)21-8-7-20-9-13(25-16(19)24-12(4)5)10-22-15(18)23-11(2)3/h6,11-13H,1,7-10H2,2-5H3. The minimum atomic E-state index is -0.914. The average Bonchev–Trinajstić information content (AvgIpc) is 2.50. The maximum atomic E-state index is 11.6. The third-order valence-corrected chi connectivity index (χ3v) is 2.26. The number of carbonyl (C=O) groups is 3. The lowest BCUT2D eigenvalue weighted by molar-refractivity contribution is -0.139. The molecule has 0 N–H and O–H groups in total. The van der Waals surface area contributed by atoms with Crippen molar-refractivity contribution in [2.75, 3.05) is 26.4 Å². The van der Waals surface area contributed by atoms with Crippen LogP contribution in [0.4, 0.5) is 9.59 Å². The third kappa shape index (κ3) is 13.8. The van der Waals surface area contributed by atoms with E-state index in [0.29, 0.717) is 0 Å². The second kappa shape index (κ2) is 13.1. The molecule has 9 nitrogen and oxygen atoms in total. The molecule has 1 unspecified atom stereocenters. The summed E-state index contributed by atoms with van der Waals surface area (Å²) in [6.07, 6.45) is -2.38. The second-order valence-electron chi connectivity index (χ2n) is 5.33. The van der Waals surface area contributed by atoms with E-state index in [1.807, 2.05) is 0 Å². The smallest absolute Gasteiger partial charge is 0.460 e. The van der Waals surface area contributed by atoms with Crippen molar-refractivity contribution in [3.05, 3.63) is 12.7 Å². The van der Waals surface area contributed by atoms with Crippen molar-refractivity contribution in [1.82, 2.24) is 0 Å². The fourth-order valence-corrected chi connectivity index (χ4v) is 1.33. The monoisotopic (exact) mass is 362 g/mol. The molecule has 144 valence electrons. The summed E-state index contributed by atoms with van der Waals surface area (Å²) in [7, 11) is 0. The first kappa shape index (κ1) is 22.7. The molecule has 0 aromatic carbocycles. The van der Waals surface area contributed by atoms with Crippen molar-refractivity contribution in [3.8, 4) is 0 Å². The first-order chi connectivity index (χ1) is 11.7. The molecule has 0 saturated carbocycles. The van der Waals surface area contributed by atoms with Crippen LogP contribution in [0.2, 0.25) is 0 Å². The molecule has 0 saturated heterocycles. The molecule has 0 aliphatic carbocycles. The zero-order valence-corrected chi connectivity index (χ0v) is 15.0. The van der Waals surface area contributed by atoms with Gasteiger partial charge in [-0.25, -0.2) is 14.4 Å². The number of hydrogen-bond acceptors (Lipinski definition) is 9. The lowest BCUT2D eigenvalue weighted by Gasteiger charge is -2.19. The summed E-state index contributed by atoms with van der Waals surface area (Å²) in [5.41, 5.74) is 0. The predicted octanol–water partition coefficient (Wildman–Crippen LogP) is 2.22. The van der Waals surface area contributed by atoms with Gasteiger partial charge in [-0.05, 0) is 27.7 Å². The molecule has 0 aliphatic heterocycles. The van der Waals surface area contributed by atoms with Gasteiger partial charge < -0.3 is 28.4 Å². The van der Waals surface area contributed by atoms with E-state index in [4.69, 9.17) is 28.4 Å². The van der Waals surface area contributed by atoms with Gasteiger partial charge >= 0.3 is 18.3 Å². The van der Waals surface area contributed by atoms with Crippen LogP contribution in [-0.2, 0) is 33.2 Å². The molecule has 0 spiro atoms. The lowest BCUT2D eigenvalue weighted by Crippen LogP contribution is -2.31. The Kier molecular flexibility index (Phi) is 11.9. The van der Waals surface area contributed by atoms with Gasteiger partial charge in [0.15, 0.2) is 6.10 Å². The van der Waals surface area contributed by atoms with E-state index in [1.165, 1.54) is 0 Å². The first-order valence-corrected chi connectivity index (χ1v) is 7.82. The van der Waals surface area contributed by atoms with E-state index in [9.17, 15) is 14.4 Å². The van der Waals surface area contributed by atoms with E-state index in [-0.39, 0.29) is 38.6 Å². The van der Waals surface area contributed by atoms with E-state index < -0.39 is 24.4 Å². The Hall–Kier alpha value is -2.29. The number of ether oxygens (including phenoxy) is 6. The summed E-state index contributed by atoms with van der Waals surface area (Å²) in [6, 6.07) is 0. The summed E-state index contributed by atoms with van der Waals surface area (Å²) >= 11 is 0. The van der Waals surface area contributed by atoms with Gasteiger partial charge in [-0.15, -0.1) is 0 Å². The Morgan fingerprint density at radius 1 is 0.840 bits per heavy atom. The topological polar surface area (TPSA) is 107 Å². The van der Waals surface area contributed by atoms with Crippen LogP contribution in [0.1, 0.15) is 27.7 Å². The van der Waals surface area contributed by atoms with E-state index in [2.05, 4.69) is 6.58 Å². The molecule has 0 radical (unpaired) electrons. The van der Waals surface area contributed by atoms with Crippen LogP contribution >= 0.6 is 0 Å². The Bertz CT molecular complexity index is 431. The number of hydrogen-bond donors (Lipinski definition) is 0. The Balaban J connectivity index is 4.31. The Morgan fingerprint density at radius 2 is 1.44 bits per heavy atom. The molecule has 0 aromatic rings. The molecule has 1 atom stereocenters. The Labute approximate surface area is 147 Å². The highest BCUT2D eigenvalue weighted by atomic mass is 16.8. The zero-order valence-electron chi connectivity index (χ0n) is 15.0. The fourth-order valence-electron chi connectivity index (χ4n) is 1.33. The quantitative estimate of drug-likeness (QED) is 0.237. The summed E-state index contributed by atoms with van der Waals surface area (Å²) in [4.78, 5) is 33.8. The highest BCUT2D eigenvalue weighted by molar-refractivity contribution is 5.81. The van der Waals surface area contributed by atoms with Gasteiger partial charge in [0.2, 0.25) is 0 Å². The maximum Gasteiger partial charge on any atom is 0.509 e. The normalized spacial score (nSPS) is 11.6. The molecule has 25 heavy (non-hydrogen) atoms. The molecule has 0 fully saturated rings. The number of esters is 1. The van der Waals surface area contributed by atoms with E-state index >= 15 is 0 Å².